The first-order valence-corrected chi connectivity index (χ1v) is 7.21. The highest BCUT2D eigenvalue weighted by Gasteiger charge is 2.38. The lowest BCUT2D eigenvalue weighted by Gasteiger charge is -2.20. The molecule has 0 amide bonds. The van der Waals surface area contributed by atoms with Crippen molar-refractivity contribution in [3.8, 4) is 0 Å². The second-order valence-electron chi connectivity index (χ2n) is 6.06. The van der Waals surface area contributed by atoms with Crippen molar-refractivity contribution in [3.05, 3.63) is 22.2 Å². The predicted molar refractivity (Wildman–Crippen MR) is 82.1 cm³/mol. The Balaban J connectivity index is 1.96. The number of rotatable bonds is 3. The van der Waals surface area contributed by atoms with Crippen LogP contribution in [-0.4, -0.2) is 57.6 Å². The number of aliphatic hydroxyl groups excluding tert-OH is 1. The van der Waals surface area contributed by atoms with E-state index in [1.165, 1.54) is 6.20 Å². The molecule has 9 heteroatoms. The molecule has 0 radical (unpaired) electrons. The number of anilines is 1. The van der Waals surface area contributed by atoms with E-state index in [2.05, 4.69) is 19.9 Å². The maximum absolute atomic E-state index is 12.1. The standard InChI is InChI=1S/C14H19N5O4/c1-14(2)22-6-8(23-14)10(20)7-5-15-11-9(16-7)12(21)18-13(17-11)19(3)4/h5,8,10,20H,6H2,1-4H3,(H,15,17,18,21)/t8-,10-/m0/s1. The van der Waals surface area contributed by atoms with Gasteiger partial charge in [-0.3, -0.25) is 9.78 Å². The number of aliphatic hydroxyl groups is 1. The number of fused-ring (bicyclic) bond motifs is 1. The number of H-pyrrole nitrogens is 1. The average Bonchev–Trinajstić information content (AvgIpc) is 2.86. The maximum atomic E-state index is 12.1. The molecule has 1 saturated heterocycles. The van der Waals surface area contributed by atoms with Crippen molar-refractivity contribution in [1.29, 1.82) is 0 Å². The molecule has 0 saturated carbocycles. The van der Waals surface area contributed by atoms with Crippen LogP contribution in [0, 0.1) is 0 Å². The molecular formula is C14H19N5O4. The molecule has 23 heavy (non-hydrogen) atoms. The first-order valence-electron chi connectivity index (χ1n) is 7.21. The number of hydrogen-bond donors (Lipinski definition) is 2. The number of hydrogen-bond acceptors (Lipinski definition) is 8. The van der Waals surface area contributed by atoms with E-state index < -0.39 is 23.6 Å². The number of ether oxygens (including phenoxy) is 2. The number of aromatic nitrogens is 4. The fourth-order valence-corrected chi connectivity index (χ4v) is 2.34. The van der Waals surface area contributed by atoms with Crippen LogP contribution < -0.4 is 10.5 Å². The minimum Gasteiger partial charge on any atom is -0.384 e. The second kappa shape index (κ2) is 5.52. The first-order chi connectivity index (χ1) is 10.8. The molecule has 124 valence electrons. The lowest BCUT2D eigenvalue weighted by Crippen LogP contribution is -2.26. The van der Waals surface area contributed by atoms with Gasteiger partial charge in [0.25, 0.3) is 5.56 Å². The Bertz CT molecular complexity index is 788. The first kappa shape index (κ1) is 15.8. The summed E-state index contributed by atoms with van der Waals surface area (Å²) >= 11 is 0. The Morgan fingerprint density at radius 1 is 1.43 bits per heavy atom. The van der Waals surface area contributed by atoms with Gasteiger partial charge >= 0.3 is 0 Å². The van der Waals surface area contributed by atoms with Crippen LogP contribution in [0.2, 0.25) is 0 Å². The van der Waals surface area contributed by atoms with Gasteiger partial charge in [0.1, 0.15) is 12.2 Å². The monoisotopic (exact) mass is 321 g/mol. The molecule has 0 spiro atoms. The molecule has 0 bridgehead atoms. The van der Waals surface area contributed by atoms with Gasteiger partial charge in [-0.15, -0.1) is 0 Å². The third-order valence-electron chi connectivity index (χ3n) is 3.53. The van der Waals surface area contributed by atoms with Crippen LogP contribution in [0.4, 0.5) is 5.95 Å². The summed E-state index contributed by atoms with van der Waals surface area (Å²) in [4.78, 5) is 29.0. The van der Waals surface area contributed by atoms with Crippen molar-refractivity contribution in [2.24, 2.45) is 0 Å². The molecule has 9 nitrogen and oxygen atoms in total. The summed E-state index contributed by atoms with van der Waals surface area (Å²) < 4.78 is 11.0. The minimum atomic E-state index is -1.04. The van der Waals surface area contributed by atoms with Crippen molar-refractivity contribution in [3.63, 3.8) is 0 Å². The maximum Gasteiger partial charge on any atom is 0.280 e. The van der Waals surface area contributed by atoms with Crippen molar-refractivity contribution >= 4 is 17.1 Å². The smallest absolute Gasteiger partial charge is 0.280 e. The van der Waals surface area contributed by atoms with E-state index in [1.54, 1.807) is 32.8 Å². The van der Waals surface area contributed by atoms with E-state index in [9.17, 15) is 9.90 Å². The van der Waals surface area contributed by atoms with Gasteiger partial charge < -0.3 is 19.5 Å². The van der Waals surface area contributed by atoms with Crippen LogP contribution in [0.25, 0.3) is 11.2 Å². The zero-order valence-electron chi connectivity index (χ0n) is 13.4. The predicted octanol–water partition coefficient (Wildman–Crippen LogP) is -0.0360. The zero-order valence-corrected chi connectivity index (χ0v) is 13.4. The molecule has 2 aromatic heterocycles. The van der Waals surface area contributed by atoms with Crippen LogP contribution in [-0.2, 0) is 9.47 Å². The largest absolute Gasteiger partial charge is 0.384 e. The highest BCUT2D eigenvalue weighted by molar-refractivity contribution is 5.69. The lowest BCUT2D eigenvalue weighted by molar-refractivity contribution is -0.151. The molecule has 1 aliphatic rings. The molecule has 0 unspecified atom stereocenters. The molecular weight excluding hydrogens is 302 g/mol. The molecule has 1 aliphatic heterocycles. The fraction of sp³-hybridized carbons (Fsp3) is 0.571. The Morgan fingerprint density at radius 2 is 2.17 bits per heavy atom. The molecule has 3 heterocycles. The normalized spacial score (nSPS) is 21.5. The molecule has 2 N–H and O–H groups in total. The van der Waals surface area contributed by atoms with Crippen molar-refractivity contribution in [1.82, 2.24) is 19.9 Å². The highest BCUT2D eigenvalue weighted by Crippen LogP contribution is 2.29. The quantitative estimate of drug-likeness (QED) is 0.810. The Labute approximate surface area is 132 Å². The molecule has 2 atom stereocenters. The summed E-state index contributed by atoms with van der Waals surface area (Å²) in [7, 11) is 3.52. The summed E-state index contributed by atoms with van der Waals surface area (Å²) in [6.07, 6.45) is -0.209. The minimum absolute atomic E-state index is 0.0744. The van der Waals surface area contributed by atoms with Gasteiger partial charge in [-0.2, -0.15) is 4.98 Å². The van der Waals surface area contributed by atoms with Crippen molar-refractivity contribution in [2.45, 2.75) is 31.8 Å². The summed E-state index contributed by atoms with van der Waals surface area (Å²) in [6.45, 7) is 3.77. The molecule has 3 rings (SSSR count). The van der Waals surface area contributed by atoms with E-state index in [1.807, 2.05) is 0 Å². The Hall–Kier alpha value is -2.10. The highest BCUT2D eigenvalue weighted by atomic mass is 16.7. The van der Waals surface area contributed by atoms with Gasteiger partial charge in [-0.05, 0) is 13.8 Å². The fourth-order valence-electron chi connectivity index (χ4n) is 2.34. The Kier molecular flexibility index (Phi) is 3.78. The van der Waals surface area contributed by atoms with Crippen LogP contribution >= 0.6 is 0 Å². The second-order valence-corrected chi connectivity index (χ2v) is 6.06. The van der Waals surface area contributed by atoms with Crippen LogP contribution in [0.5, 0.6) is 0 Å². The van der Waals surface area contributed by atoms with Gasteiger partial charge in [0, 0.05) is 14.1 Å². The van der Waals surface area contributed by atoms with Gasteiger partial charge in [0.05, 0.1) is 18.5 Å². The summed E-state index contributed by atoms with van der Waals surface area (Å²) in [5, 5.41) is 10.4. The van der Waals surface area contributed by atoms with Crippen molar-refractivity contribution < 1.29 is 14.6 Å². The van der Waals surface area contributed by atoms with Gasteiger partial charge in [-0.25, -0.2) is 9.97 Å². The van der Waals surface area contributed by atoms with Crippen LogP contribution in [0.3, 0.4) is 0 Å². The van der Waals surface area contributed by atoms with Crippen LogP contribution in [0.15, 0.2) is 11.0 Å². The van der Waals surface area contributed by atoms with E-state index in [-0.39, 0.29) is 23.5 Å². The summed E-state index contributed by atoms with van der Waals surface area (Å²) in [6, 6.07) is 0. The van der Waals surface area contributed by atoms with Crippen molar-refractivity contribution in [2.75, 3.05) is 25.6 Å². The summed E-state index contributed by atoms with van der Waals surface area (Å²) in [5.74, 6) is -0.366. The number of nitrogens with zero attached hydrogens (tertiary/aromatic N) is 4. The molecule has 0 aliphatic carbocycles. The molecule has 1 fully saturated rings. The number of aromatic amines is 1. The SMILES string of the molecule is CN(C)c1nc2ncc([C@H](O)[C@@H]3COC(C)(C)O3)nc2c(=O)[nH]1. The van der Waals surface area contributed by atoms with Gasteiger partial charge in [0.2, 0.25) is 5.95 Å². The zero-order chi connectivity index (χ0) is 16.8. The van der Waals surface area contributed by atoms with E-state index in [4.69, 9.17) is 9.47 Å². The third-order valence-corrected chi connectivity index (χ3v) is 3.53. The van der Waals surface area contributed by atoms with Gasteiger partial charge in [0.15, 0.2) is 17.0 Å². The molecule has 0 aromatic carbocycles. The third kappa shape index (κ3) is 3.03. The average molecular weight is 321 g/mol. The molecule has 2 aromatic rings. The van der Waals surface area contributed by atoms with Crippen LogP contribution in [0.1, 0.15) is 25.6 Å². The van der Waals surface area contributed by atoms with Gasteiger partial charge in [-0.1, -0.05) is 0 Å². The lowest BCUT2D eigenvalue weighted by atomic mass is 10.1. The summed E-state index contributed by atoms with van der Waals surface area (Å²) in [5.41, 5.74) is 0.125. The Morgan fingerprint density at radius 3 is 2.78 bits per heavy atom. The number of nitrogens with one attached hydrogen (secondary N) is 1. The van der Waals surface area contributed by atoms with E-state index >= 15 is 0 Å². The van der Waals surface area contributed by atoms with E-state index in [0.717, 1.165) is 0 Å². The topological polar surface area (TPSA) is 113 Å². The van der Waals surface area contributed by atoms with E-state index in [0.29, 0.717) is 5.95 Å².